The summed E-state index contributed by atoms with van der Waals surface area (Å²) in [4.78, 5) is 6.30. The Bertz CT molecular complexity index is 875. The molecule has 0 radical (unpaired) electrons. The van der Waals surface area contributed by atoms with Crippen LogP contribution in [0.2, 0.25) is 5.02 Å². The molecule has 0 bridgehead atoms. The van der Waals surface area contributed by atoms with Crippen LogP contribution < -0.4 is 0 Å². The van der Waals surface area contributed by atoms with Gasteiger partial charge in [-0.25, -0.2) is 8.78 Å². The normalized spacial score (nSPS) is 11.6. The number of hydrogen-bond donors (Lipinski definition) is 1. The fourth-order valence-electron chi connectivity index (χ4n) is 2.76. The van der Waals surface area contributed by atoms with Crippen molar-refractivity contribution in [1.29, 1.82) is 0 Å². The van der Waals surface area contributed by atoms with Gasteiger partial charge in [0.15, 0.2) is 0 Å². The maximum atomic E-state index is 14.1. The van der Waals surface area contributed by atoms with Crippen molar-refractivity contribution in [1.82, 2.24) is 9.88 Å². The highest BCUT2D eigenvalue weighted by Crippen LogP contribution is 2.31. The number of nitrogens with zero attached hydrogens (tertiary/aromatic N) is 1. The monoisotopic (exact) mass is 380 g/mol. The third-order valence-electron chi connectivity index (χ3n) is 4.03. The van der Waals surface area contributed by atoms with Crippen LogP contribution in [-0.4, -0.2) is 30.5 Å². The molecule has 0 unspecified atom stereocenters. The minimum atomic E-state index is -0.552. The number of H-pyrrole nitrogens is 1. The lowest BCUT2D eigenvalue weighted by atomic mass is 10.1. The van der Waals surface area contributed by atoms with E-state index in [0.717, 1.165) is 35.2 Å². The minimum absolute atomic E-state index is 0.377. The Kier molecular flexibility index (Phi) is 5.67. The van der Waals surface area contributed by atoms with Gasteiger partial charge in [0.2, 0.25) is 0 Å². The third kappa shape index (κ3) is 4.35. The Hall–Kier alpha value is -1.56. The minimum Gasteiger partial charge on any atom is -0.355 e. The van der Waals surface area contributed by atoms with E-state index in [4.69, 9.17) is 11.6 Å². The summed E-state index contributed by atoms with van der Waals surface area (Å²) in [6, 6.07) is 9.93. The second-order valence-electron chi connectivity index (χ2n) is 6.19. The van der Waals surface area contributed by atoms with Crippen molar-refractivity contribution in [2.75, 3.05) is 20.6 Å². The van der Waals surface area contributed by atoms with E-state index in [1.807, 2.05) is 38.4 Å². The van der Waals surface area contributed by atoms with E-state index in [1.165, 1.54) is 6.07 Å². The van der Waals surface area contributed by atoms with E-state index < -0.39 is 11.6 Å². The van der Waals surface area contributed by atoms with Crippen LogP contribution in [0, 0.1) is 11.6 Å². The SMILES string of the molecule is CN(C)CCc1c(CSc2ccc(Cl)cc2)[nH]c2c(F)cc(F)cc12. The molecular formula is C19H19ClF2N2S. The van der Waals surface area contributed by atoms with Gasteiger partial charge in [-0.1, -0.05) is 11.6 Å². The average molecular weight is 381 g/mol. The lowest BCUT2D eigenvalue weighted by Gasteiger charge is -2.10. The molecule has 6 heteroatoms. The second-order valence-corrected chi connectivity index (χ2v) is 7.67. The second kappa shape index (κ2) is 7.77. The maximum Gasteiger partial charge on any atom is 0.150 e. The summed E-state index contributed by atoms with van der Waals surface area (Å²) in [5, 5.41) is 1.32. The zero-order valence-corrected chi connectivity index (χ0v) is 15.6. The molecule has 0 aliphatic carbocycles. The van der Waals surface area contributed by atoms with Crippen LogP contribution in [0.15, 0.2) is 41.3 Å². The largest absolute Gasteiger partial charge is 0.355 e. The summed E-state index contributed by atoms with van der Waals surface area (Å²) in [6.45, 7) is 0.809. The average Bonchev–Trinajstić information content (AvgIpc) is 2.90. The zero-order chi connectivity index (χ0) is 18.0. The number of halogens is 3. The van der Waals surface area contributed by atoms with Crippen LogP contribution in [0.1, 0.15) is 11.3 Å². The number of hydrogen-bond acceptors (Lipinski definition) is 2. The Morgan fingerprint density at radius 3 is 2.52 bits per heavy atom. The fourth-order valence-corrected chi connectivity index (χ4v) is 3.77. The molecule has 0 spiro atoms. The molecule has 0 amide bonds. The number of thioether (sulfide) groups is 1. The molecule has 1 aromatic heterocycles. The van der Waals surface area contributed by atoms with Crippen LogP contribution in [0.5, 0.6) is 0 Å². The maximum absolute atomic E-state index is 14.1. The van der Waals surface area contributed by atoms with Gasteiger partial charge in [-0.15, -0.1) is 11.8 Å². The van der Waals surface area contributed by atoms with Gasteiger partial charge < -0.3 is 9.88 Å². The highest BCUT2D eigenvalue weighted by molar-refractivity contribution is 7.98. The number of rotatable bonds is 6. The van der Waals surface area contributed by atoms with Gasteiger partial charge in [0.25, 0.3) is 0 Å². The summed E-state index contributed by atoms with van der Waals surface area (Å²) in [5.74, 6) is -0.448. The summed E-state index contributed by atoms with van der Waals surface area (Å²) >= 11 is 7.55. The highest BCUT2D eigenvalue weighted by Gasteiger charge is 2.16. The van der Waals surface area contributed by atoms with Gasteiger partial charge in [-0.2, -0.15) is 0 Å². The predicted octanol–water partition coefficient (Wildman–Crippen LogP) is 5.50. The van der Waals surface area contributed by atoms with E-state index in [2.05, 4.69) is 9.88 Å². The first-order valence-corrected chi connectivity index (χ1v) is 9.32. The first-order valence-electron chi connectivity index (χ1n) is 7.95. The van der Waals surface area contributed by atoms with Crippen molar-refractivity contribution < 1.29 is 8.78 Å². The number of fused-ring (bicyclic) bond motifs is 1. The van der Waals surface area contributed by atoms with Gasteiger partial charge in [-0.05, 0) is 56.4 Å². The summed E-state index contributed by atoms with van der Waals surface area (Å²) in [7, 11) is 3.97. The number of benzene rings is 2. The molecule has 2 aromatic carbocycles. The van der Waals surface area contributed by atoms with Crippen molar-refractivity contribution in [2.24, 2.45) is 0 Å². The fraction of sp³-hybridized carbons (Fsp3) is 0.263. The summed E-state index contributed by atoms with van der Waals surface area (Å²) < 4.78 is 27.8. The van der Waals surface area contributed by atoms with Gasteiger partial charge >= 0.3 is 0 Å². The molecular weight excluding hydrogens is 362 g/mol. The van der Waals surface area contributed by atoms with Gasteiger partial charge in [0, 0.05) is 39.4 Å². The van der Waals surface area contributed by atoms with Gasteiger partial charge in [0.1, 0.15) is 11.6 Å². The van der Waals surface area contributed by atoms with Gasteiger partial charge in [0.05, 0.1) is 5.52 Å². The zero-order valence-electron chi connectivity index (χ0n) is 14.1. The lowest BCUT2D eigenvalue weighted by Crippen LogP contribution is -2.15. The molecule has 2 nitrogen and oxygen atoms in total. The molecule has 0 fully saturated rings. The molecule has 1 N–H and O–H groups in total. The van der Waals surface area contributed by atoms with Crippen LogP contribution in [0.3, 0.4) is 0 Å². The van der Waals surface area contributed by atoms with Crippen molar-refractivity contribution in [3.8, 4) is 0 Å². The van der Waals surface area contributed by atoms with Crippen molar-refractivity contribution in [2.45, 2.75) is 17.1 Å². The first kappa shape index (κ1) is 18.2. The Morgan fingerprint density at radius 1 is 1.12 bits per heavy atom. The van der Waals surface area contributed by atoms with Crippen LogP contribution in [0.4, 0.5) is 8.78 Å². The van der Waals surface area contributed by atoms with E-state index in [-0.39, 0.29) is 0 Å². The molecule has 0 aliphatic rings. The number of nitrogens with one attached hydrogen (secondary N) is 1. The van der Waals surface area contributed by atoms with Crippen LogP contribution in [0.25, 0.3) is 10.9 Å². The first-order chi connectivity index (χ1) is 11.9. The summed E-state index contributed by atoms with van der Waals surface area (Å²) in [6.07, 6.45) is 0.729. The van der Waals surface area contributed by atoms with E-state index in [1.54, 1.807) is 11.8 Å². The number of likely N-dealkylation sites (N-methyl/N-ethyl adjacent to an activating group) is 1. The number of aromatic nitrogens is 1. The molecule has 1 heterocycles. The molecule has 3 rings (SSSR count). The van der Waals surface area contributed by atoms with E-state index in [0.29, 0.717) is 21.7 Å². The summed E-state index contributed by atoms with van der Waals surface area (Å²) in [5.41, 5.74) is 2.28. The Morgan fingerprint density at radius 2 is 1.84 bits per heavy atom. The molecule has 132 valence electrons. The van der Waals surface area contributed by atoms with E-state index in [9.17, 15) is 8.78 Å². The Labute approximate surface area is 155 Å². The third-order valence-corrected chi connectivity index (χ3v) is 5.32. The van der Waals surface area contributed by atoms with Crippen LogP contribution in [-0.2, 0) is 12.2 Å². The molecule has 0 saturated heterocycles. The molecule has 0 atom stereocenters. The lowest BCUT2D eigenvalue weighted by molar-refractivity contribution is 0.414. The number of aromatic amines is 1. The predicted molar refractivity (Wildman–Crippen MR) is 101 cm³/mol. The van der Waals surface area contributed by atoms with Crippen molar-refractivity contribution in [3.05, 3.63) is 64.3 Å². The molecule has 0 saturated carbocycles. The molecule has 3 aromatic rings. The molecule has 0 aliphatic heterocycles. The van der Waals surface area contributed by atoms with Crippen molar-refractivity contribution in [3.63, 3.8) is 0 Å². The van der Waals surface area contributed by atoms with Crippen molar-refractivity contribution >= 4 is 34.3 Å². The Balaban J connectivity index is 1.93. The highest BCUT2D eigenvalue weighted by atomic mass is 35.5. The standard InChI is InChI=1S/C19H19ClF2N2S/c1-24(2)8-7-15-16-9-13(21)10-17(22)19(16)23-18(15)11-25-14-5-3-12(20)4-6-14/h3-6,9-10,23H,7-8,11H2,1-2H3. The smallest absolute Gasteiger partial charge is 0.150 e. The molecule has 25 heavy (non-hydrogen) atoms. The van der Waals surface area contributed by atoms with Crippen LogP contribution >= 0.6 is 23.4 Å². The van der Waals surface area contributed by atoms with E-state index >= 15 is 0 Å². The van der Waals surface area contributed by atoms with Gasteiger partial charge in [-0.3, -0.25) is 0 Å². The topological polar surface area (TPSA) is 19.0 Å². The quantitative estimate of drug-likeness (QED) is 0.570.